The Hall–Kier alpha value is -2.13. The Bertz CT molecular complexity index is 1050. The highest BCUT2D eigenvalue weighted by atomic mass is 32.2. The van der Waals surface area contributed by atoms with Crippen molar-refractivity contribution in [2.75, 3.05) is 15.8 Å². The maximum Gasteiger partial charge on any atom is 0.387 e. The van der Waals surface area contributed by atoms with Crippen LogP contribution in [0.15, 0.2) is 47.4 Å². The number of ether oxygens (including phenoxy) is 1. The van der Waals surface area contributed by atoms with Crippen molar-refractivity contribution in [3.05, 3.63) is 53.6 Å². The van der Waals surface area contributed by atoms with Crippen LogP contribution in [0, 0.1) is 5.92 Å². The van der Waals surface area contributed by atoms with Crippen molar-refractivity contribution < 1.29 is 27.6 Å². The van der Waals surface area contributed by atoms with Gasteiger partial charge in [-0.25, -0.2) is 9.00 Å². The van der Waals surface area contributed by atoms with E-state index in [1.165, 1.54) is 12.1 Å². The maximum absolute atomic E-state index is 13.9. The molecule has 3 aliphatic rings. The second-order valence-electron chi connectivity index (χ2n) is 8.51. The molecule has 0 amide bonds. The van der Waals surface area contributed by atoms with Crippen molar-refractivity contribution in [3.8, 4) is 5.75 Å². The van der Waals surface area contributed by atoms with Crippen molar-refractivity contribution in [3.63, 3.8) is 0 Å². The number of alkyl halides is 2. The molecule has 1 N–H and O–H groups in total. The van der Waals surface area contributed by atoms with Crippen LogP contribution >= 0.6 is 11.8 Å². The molecule has 2 aliphatic heterocycles. The van der Waals surface area contributed by atoms with E-state index in [9.17, 15) is 22.9 Å². The molecule has 2 unspecified atom stereocenters. The summed E-state index contributed by atoms with van der Waals surface area (Å²) in [7, 11) is -1.56. The Balaban J connectivity index is 1.58. The molecule has 2 aromatic rings. The van der Waals surface area contributed by atoms with Gasteiger partial charge in [-0.2, -0.15) is 20.5 Å². The zero-order chi connectivity index (χ0) is 22.5. The second-order valence-corrected chi connectivity index (χ2v) is 11.1. The average Bonchev–Trinajstić information content (AvgIpc) is 3.58. The summed E-state index contributed by atoms with van der Waals surface area (Å²) in [6.07, 6.45) is 3.97. The molecule has 1 saturated carbocycles. The van der Waals surface area contributed by atoms with Gasteiger partial charge in [0, 0.05) is 5.41 Å². The van der Waals surface area contributed by atoms with Gasteiger partial charge in [-0.05, 0) is 91.1 Å². The van der Waals surface area contributed by atoms with Gasteiger partial charge in [0.1, 0.15) is 5.75 Å². The third kappa shape index (κ3) is 3.69. The van der Waals surface area contributed by atoms with Gasteiger partial charge in [0.15, 0.2) is 11.0 Å². The first kappa shape index (κ1) is 21.7. The number of carboxylic acid groups (broad SMARTS) is 1. The SMILES string of the molecule is O=C(O)c1ccc2c(c1)C1(CCSCC1)C(C1CC1)N2S(=O)c1ccc(OC(F)F)cc1. The molecule has 0 radical (unpaired) electrons. The van der Waals surface area contributed by atoms with Crippen LogP contribution in [0.4, 0.5) is 14.5 Å². The number of carbonyl (C=O) groups is 1. The molecule has 5 rings (SSSR count). The maximum atomic E-state index is 13.9. The second kappa shape index (κ2) is 8.33. The van der Waals surface area contributed by atoms with E-state index in [1.54, 1.807) is 30.3 Å². The first-order valence-electron chi connectivity index (χ1n) is 10.6. The number of hydrogen-bond donors (Lipinski definition) is 1. The fourth-order valence-corrected chi connectivity index (χ4v) is 7.93. The molecular weight excluding hydrogens is 456 g/mol. The Labute approximate surface area is 191 Å². The van der Waals surface area contributed by atoms with E-state index in [-0.39, 0.29) is 22.8 Å². The van der Waals surface area contributed by atoms with Gasteiger partial charge in [0.2, 0.25) is 0 Å². The average molecular weight is 480 g/mol. The van der Waals surface area contributed by atoms with Crippen LogP contribution in [0.5, 0.6) is 5.75 Å². The largest absolute Gasteiger partial charge is 0.478 e. The number of rotatable bonds is 6. The molecule has 1 spiro atoms. The number of halogens is 2. The molecule has 2 heterocycles. The van der Waals surface area contributed by atoms with E-state index >= 15 is 0 Å². The molecule has 1 aliphatic carbocycles. The minimum absolute atomic E-state index is 0.0215. The highest BCUT2D eigenvalue weighted by Crippen LogP contribution is 2.59. The minimum atomic E-state index is -2.91. The predicted molar refractivity (Wildman–Crippen MR) is 120 cm³/mol. The molecule has 32 heavy (non-hydrogen) atoms. The van der Waals surface area contributed by atoms with Gasteiger partial charge in [-0.3, -0.25) is 4.31 Å². The molecule has 9 heteroatoms. The van der Waals surface area contributed by atoms with Crippen molar-refractivity contribution in [2.24, 2.45) is 5.92 Å². The predicted octanol–water partition coefficient (Wildman–Crippen LogP) is 5.07. The number of nitrogens with zero attached hydrogens (tertiary/aromatic N) is 1. The molecule has 0 bridgehead atoms. The summed E-state index contributed by atoms with van der Waals surface area (Å²) in [4.78, 5) is 12.2. The Morgan fingerprint density at radius 2 is 1.84 bits per heavy atom. The fraction of sp³-hybridized carbons (Fsp3) is 0.435. The molecule has 1 saturated heterocycles. The van der Waals surface area contributed by atoms with E-state index in [4.69, 9.17) is 0 Å². The number of thioether (sulfide) groups is 1. The summed E-state index contributed by atoms with van der Waals surface area (Å²) < 4.78 is 45.2. The Morgan fingerprint density at radius 1 is 1.16 bits per heavy atom. The number of fused-ring (bicyclic) bond motifs is 2. The van der Waals surface area contributed by atoms with Crippen molar-refractivity contribution in [2.45, 2.75) is 48.6 Å². The highest BCUT2D eigenvalue weighted by Gasteiger charge is 2.58. The van der Waals surface area contributed by atoms with E-state index in [0.717, 1.165) is 48.4 Å². The summed E-state index contributed by atoms with van der Waals surface area (Å²) in [6.45, 7) is -2.91. The molecule has 2 aromatic carbocycles. The van der Waals surface area contributed by atoms with Gasteiger partial charge in [0.25, 0.3) is 0 Å². The van der Waals surface area contributed by atoms with Crippen LogP contribution in [0.2, 0.25) is 0 Å². The number of carboxylic acids is 1. The van der Waals surface area contributed by atoms with Gasteiger partial charge >= 0.3 is 12.6 Å². The third-order valence-electron chi connectivity index (χ3n) is 6.72. The van der Waals surface area contributed by atoms with Crippen LogP contribution in [-0.2, 0) is 16.4 Å². The Morgan fingerprint density at radius 3 is 2.44 bits per heavy atom. The van der Waals surface area contributed by atoms with Gasteiger partial charge in [-0.1, -0.05) is 0 Å². The van der Waals surface area contributed by atoms with E-state index < -0.39 is 23.6 Å². The van der Waals surface area contributed by atoms with Crippen molar-refractivity contribution in [1.29, 1.82) is 0 Å². The van der Waals surface area contributed by atoms with E-state index in [0.29, 0.717) is 10.8 Å². The monoisotopic (exact) mass is 479 g/mol. The van der Waals surface area contributed by atoms with Crippen molar-refractivity contribution >= 4 is 34.4 Å². The fourth-order valence-electron chi connectivity index (χ4n) is 5.19. The third-order valence-corrected chi connectivity index (χ3v) is 9.16. The minimum Gasteiger partial charge on any atom is -0.478 e. The lowest BCUT2D eigenvalue weighted by Gasteiger charge is -2.41. The topological polar surface area (TPSA) is 66.8 Å². The first-order chi connectivity index (χ1) is 15.4. The van der Waals surface area contributed by atoms with Gasteiger partial charge in [0.05, 0.1) is 22.2 Å². The normalized spacial score (nSPS) is 22.7. The van der Waals surface area contributed by atoms with Crippen LogP contribution in [-0.4, -0.2) is 39.4 Å². The number of aromatic carboxylic acids is 1. The summed E-state index contributed by atoms with van der Waals surface area (Å²) in [5.74, 6) is 1.43. The lowest BCUT2D eigenvalue weighted by atomic mass is 9.70. The van der Waals surface area contributed by atoms with Crippen molar-refractivity contribution in [1.82, 2.24) is 0 Å². The quantitative estimate of drug-likeness (QED) is 0.627. The number of benzene rings is 2. The Kier molecular flexibility index (Phi) is 5.65. The summed E-state index contributed by atoms with van der Waals surface area (Å²) in [5.41, 5.74) is 1.84. The number of anilines is 1. The smallest absolute Gasteiger partial charge is 0.387 e. The summed E-state index contributed by atoms with van der Waals surface area (Å²) >= 11 is 1.90. The summed E-state index contributed by atoms with van der Waals surface area (Å²) in [5, 5.41) is 9.59. The van der Waals surface area contributed by atoms with E-state index in [2.05, 4.69) is 4.74 Å². The lowest BCUT2D eigenvalue weighted by molar-refractivity contribution is -0.0498. The van der Waals surface area contributed by atoms with Crippen LogP contribution < -0.4 is 9.04 Å². The molecule has 5 nitrogen and oxygen atoms in total. The van der Waals surface area contributed by atoms with Crippen LogP contribution in [0.25, 0.3) is 0 Å². The number of hydrogen-bond acceptors (Lipinski definition) is 4. The first-order valence-corrected chi connectivity index (χ1v) is 12.9. The highest BCUT2D eigenvalue weighted by molar-refractivity contribution is 7.99. The zero-order valence-electron chi connectivity index (χ0n) is 17.2. The standard InChI is InChI=1S/C23H23F2NO4S2/c24-22(25)30-16-4-6-17(7-5-16)32(29)26-19-8-3-15(21(27)28)13-18(19)23(9-11-31-12-10-23)20(26)14-1-2-14/h3-8,13-14,20,22H,1-2,9-12H2,(H,27,28). The van der Waals surface area contributed by atoms with Gasteiger partial charge in [-0.15, -0.1) is 0 Å². The molecular formula is C23H23F2NO4S2. The van der Waals surface area contributed by atoms with Gasteiger partial charge < -0.3 is 9.84 Å². The lowest BCUT2D eigenvalue weighted by Crippen LogP contribution is -2.49. The molecule has 2 atom stereocenters. The summed E-state index contributed by atoms with van der Waals surface area (Å²) in [6, 6.07) is 11.1. The zero-order valence-corrected chi connectivity index (χ0v) is 18.8. The molecule has 2 fully saturated rings. The molecule has 0 aromatic heterocycles. The van der Waals surface area contributed by atoms with E-state index in [1.807, 2.05) is 16.1 Å². The van der Waals surface area contributed by atoms with Crippen LogP contribution in [0.3, 0.4) is 0 Å². The van der Waals surface area contributed by atoms with Crippen LogP contribution in [0.1, 0.15) is 41.6 Å². The molecule has 170 valence electrons.